The maximum atomic E-state index is 12.7. The second-order valence-electron chi connectivity index (χ2n) is 5.84. The number of aryl methyl sites for hydroxylation is 1. The lowest BCUT2D eigenvalue weighted by Crippen LogP contribution is -2.19. The van der Waals surface area contributed by atoms with E-state index in [1.807, 2.05) is 38.1 Å². The molecule has 0 saturated heterocycles. The van der Waals surface area contributed by atoms with Gasteiger partial charge >= 0.3 is 5.16 Å². The van der Waals surface area contributed by atoms with Crippen LogP contribution in [0, 0.1) is 0 Å². The Morgan fingerprint density at radius 2 is 1.96 bits per heavy atom. The number of benzene rings is 1. The number of carbonyl (C=O) groups is 1. The number of imidazole rings is 1. The van der Waals surface area contributed by atoms with Crippen molar-refractivity contribution in [1.82, 2.24) is 9.55 Å². The van der Waals surface area contributed by atoms with Gasteiger partial charge in [-0.05, 0) is 50.5 Å². The van der Waals surface area contributed by atoms with Crippen molar-refractivity contribution in [3.8, 4) is 5.69 Å². The molecule has 0 spiro atoms. The largest absolute Gasteiger partial charge is 0.609 e. The Morgan fingerprint density at radius 3 is 2.42 bits per heavy atom. The first-order valence-electron chi connectivity index (χ1n) is 7.76. The van der Waals surface area contributed by atoms with E-state index in [2.05, 4.69) is 18.5 Å². The Balaban J connectivity index is 2.66. The van der Waals surface area contributed by atoms with Crippen molar-refractivity contribution in [2.75, 3.05) is 0 Å². The third-order valence-corrected chi connectivity index (χ3v) is 5.44. The molecule has 0 aliphatic heterocycles. The highest BCUT2D eigenvalue weighted by atomic mass is 35.5. The van der Waals surface area contributed by atoms with E-state index in [1.165, 1.54) is 5.56 Å². The van der Waals surface area contributed by atoms with Crippen molar-refractivity contribution >= 4 is 28.6 Å². The third kappa shape index (κ3) is 3.58. The number of hydrogen-bond donors (Lipinski definition) is 0. The van der Waals surface area contributed by atoms with Gasteiger partial charge in [-0.2, -0.15) is 4.98 Å². The molecule has 1 aromatic heterocycles. The molecule has 1 atom stereocenters. The molecular formula is C18H21ClN2O2S. The summed E-state index contributed by atoms with van der Waals surface area (Å²) in [5, 5.41) is 0.296. The van der Waals surface area contributed by atoms with Gasteiger partial charge in [-0.25, -0.2) is 4.57 Å². The van der Waals surface area contributed by atoms with E-state index in [9.17, 15) is 9.35 Å². The van der Waals surface area contributed by atoms with Crippen molar-refractivity contribution in [2.45, 2.75) is 44.5 Å². The minimum atomic E-state index is -1.39. The number of rotatable bonds is 6. The SMILES string of the molecule is C=C(C)C(=O)c1nc([S+]([O-])C(C)C)n(-c2ccc(CC)cc2)c1Cl. The van der Waals surface area contributed by atoms with E-state index in [1.54, 1.807) is 11.5 Å². The van der Waals surface area contributed by atoms with E-state index in [-0.39, 0.29) is 27.0 Å². The average molecular weight is 365 g/mol. The first kappa shape index (κ1) is 18.8. The zero-order valence-electron chi connectivity index (χ0n) is 14.3. The van der Waals surface area contributed by atoms with Crippen LogP contribution in [0.4, 0.5) is 0 Å². The number of ketones is 1. The molecule has 0 aliphatic rings. The van der Waals surface area contributed by atoms with E-state index < -0.39 is 11.2 Å². The van der Waals surface area contributed by atoms with Crippen LogP contribution in [0.2, 0.25) is 5.15 Å². The maximum absolute atomic E-state index is 12.7. The molecule has 0 saturated carbocycles. The summed E-state index contributed by atoms with van der Waals surface area (Å²) in [5.41, 5.74) is 2.34. The fraction of sp³-hybridized carbons (Fsp3) is 0.333. The highest BCUT2D eigenvalue weighted by Gasteiger charge is 2.30. The molecule has 6 heteroatoms. The molecule has 1 unspecified atom stereocenters. The molecule has 0 radical (unpaired) electrons. The molecule has 2 rings (SSSR count). The molecule has 0 aliphatic carbocycles. The lowest BCUT2D eigenvalue weighted by molar-refractivity contribution is 0.103. The zero-order chi connectivity index (χ0) is 18.0. The van der Waals surface area contributed by atoms with Crippen LogP contribution in [0.25, 0.3) is 5.69 Å². The summed E-state index contributed by atoms with van der Waals surface area (Å²) in [7, 11) is 0. The second kappa shape index (κ2) is 7.55. The van der Waals surface area contributed by atoms with Gasteiger partial charge in [0.25, 0.3) is 0 Å². The Kier molecular flexibility index (Phi) is 5.91. The summed E-state index contributed by atoms with van der Waals surface area (Å²) in [4.78, 5) is 16.6. The summed E-state index contributed by atoms with van der Waals surface area (Å²) in [6.07, 6.45) is 0.919. The summed E-state index contributed by atoms with van der Waals surface area (Å²) in [6.45, 7) is 11.0. The van der Waals surface area contributed by atoms with E-state index in [0.29, 0.717) is 5.57 Å². The number of nitrogens with zero attached hydrogens (tertiary/aromatic N) is 2. The summed E-state index contributed by atoms with van der Waals surface area (Å²) >= 11 is 5.04. The van der Waals surface area contributed by atoms with Crippen LogP contribution in [0.1, 0.15) is 43.7 Å². The van der Waals surface area contributed by atoms with E-state index in [0.717, 1.165) is 12.1 Å². The van der Waals surface area contributed by atoms with Gasteiger partial charge in [0.1, 0.15) is 10.4 Å². The first-order chi connectivity index (χ1) is 11.3. The predicted molar refractivity (Wildman–Crippen MR) is 98.6 cm³/mol. The minimum Gasteiger partial charge on any atom is -0.609 e. The molecule has 128 valence electrons. The minimum absolute atomic E-state index is 0.0905. The first-order valence-corrected chi connectivity index (χ1v) is 9.35. The number of halogens is 1. The molecule has 0 amide bonds. The van der Waals surface area contributed by atoms with Crippen LogP contribution in [-0.4, -0.2) is 25.1 Å². The van der Waals surface area contributed by atoms with Crippen molar-refractivity contribution in [1.29, 1.82) is 0 Å². The third-order valence-electron chi connectivity index (χ3n) is 3.60. The van der Waals surface area contributed by atoms with Crippen molar-refractivity contribution in [3.05, 3.63) is 52.8 Å². The molecule has 4 nitrogen and oxygen atoms in total. The van der Waals surface area contributed by atoms with Gasteiger partial charge in [-0.1, -0.05) is 37.2 Å². The smallest absolute Gasteiger partial charge is 0.330 e. The fourth-order valence-corrected chi connectivity index (χ4v) is 3.51. The summed E-state index contributed by atoms with van der Waals surface area (Å²) < 4.78 is 14.2. The Bertz CT molecular complexity index is 766. The van der Waals surface area contributed by atoms with Gasteiger partial charge in [-0.3, -0.25) is 4.79 Å². The number of Topliss-reactive ketones (excluding diaryl/α,β-unsaturated/α-hetero) is 1. The lowest BCUT2D eigenvalue weighted by Gasteiger charge is -2.15. The van der Waals surface area contributed by atoms with Crippen LogP contribution < -0.4 is 0 Å². The lowest BCUT2D eigenvalue weighted by atomic mass is 10.1. The zero-order valence-corrected chi connectivity index (χ0v) is 15.9. The summed E-state index contributed by atoms with van der Waals surface area (Å²) in [5.74, 6) is -0.342. The van der Waals surface area contributed by atoms with Crippen LogP contribution in [0.3, 0.4) is 0 Å². The highest BCUT2D eigenvalue weighted by molar-refractivity contribution is 7.91. The van der Waals surface area contributed by atoms with Crippen LogP contribution in [0.15, 0.2) is 41.6 Å². The van der Waals surface area contributed by atoms with E-state index >= 15 is 0 Å². The number of carbonyl (C=O) groups excluding carboxylic acids is 1. The van der Waals surface area contributed by atoms with Crippen molar-refractivity contribution < 1.29 is 9.35 Å². The maximum Gasteiger partial charge on any atom is 0.330 e. The predicted octanol–water partition coefficient (Wildman–Crippen LogP) is 4.36. The van der Waals surface area contributed by atoms with Crippen LogP contribution in [0.5, 0.6) is 0 Å². The van der Waals surface area contributed by atoms with Gasteiger partial charge in [-0.15, -0.1) is 0 Å². The monoisotopic (exact) mass is 364 g/mol. The van der Waals surface area contributed by atoms with Gasteiger partial charge in [0.15, 0.2) is 5.69 Å². The van der Waals surface area contributed by atoms with Gasteiger partial charge in [0.05, 0.1) is 5.69 Å². The number of hydrogen-bond acceptors (Lipinski definition) is 3. The van der Waals surface area contributed by atoms with Gasteiger partial charge in [0.2, 0.25) is 5.78 Å². The van der Waals surface area contributed by atoms with Gasteiger partial charge in [0, 0.05) is 11.2 Å². The molecule has 0 fully saturated rings. The van der Waals surface area contributed by atoms with Crippen molar-refractivity contribution in [2.24, 2.45) is 0 Å². The van der Waals surface area contributed by atoms with Crippen LogP contribution >= 0.6 is 11.6 Å². The second-order valence-corrected chi connectivity index (χ2v) is 8.11. The standard InChI is InChI=1S/C18H21ClN2O2S/c1-6-13-7-9-14(10-8-13)21-17(19)15(16(22)11(2)3)20-18(21)24(23)12(4)5/h7-10,12H,2,6H2,1,3-5H3. The Morgan fingerprint density at radius 1 is 1.38 bits per heavy atom. The summed E-state index contributed by atoms with van der Waals surface area (Å²) in [6, 6.07) is 7.74. The molecule has 2 aromatic rings. The Hall–Kier alpha value is -1.56. The van der Waals surface area contributed by atoms with E-state index in [4.69, 9.17) is 11.6 Å². The quantitative estimate of drug-likeness (QED) is 0.434. The molecule has 0 N–H and O–H groups in total. The normalized spacial score (nSPS) is 12.5. The van der Waals surface area contributed by atoms with Crippen molar-refractivity contribution in [3.63, 3.8) is 0 Å². The Labute approximate surface area is 150 Å². The van der Waals surface area contributed by atoms with Crippen LogP contribution in [-0.2, 0) is 17.6 Å². The molecular weight excluding hydrogens is 344 g/mol. The highest BCUT2D eigenvalue weighted by Crippen LogP contribution is 2.29. The number of allylic oxidation sites excluding steroid dienone is 1. The topological polar surface area (TPSA) is 57.9 Å². The van der Waals surface area contributed by atoms with Gasteiger partial charge < -0.3 is 4.55 Å². The molecule has 0 bridgehead atoms. The average Bonchev–Trinajstić information content (AvgIpc) is 2.90. The molecule has 24 heavy (non-hydrogen) atoms. The fourth-order valence-electron chi connectivity index (χ4n) is 2.18. The number of aromatic nitrogens is 2. The molecule has 1 heterocycles. The molecule has 1 aromatic carbocycles.